The third-order valence-electron chi connectivity index (χ3n) is 3.16. The Labute approximate surface area is 108 Å². The summed E-state index contributed by atoms with van der Waals surface area (Å²) in [5.74, 6) is 9.89. The normalized spacial score (nSPS) is 11.6. The summed E-state index contributed by atoms with van der Waals surface area (Å²) in [5.41, 5.74) is 1.31. The number of rotatable bonds is 7. The van der Waals surface area contributed by atoms with E-state index in [2.05, 4.69) is 49.9 Å². The van der Waals surface area contributed by atoms with E-state index in [1.54, 1.807) is 0 Å². The first kappa shape index (κ1) is 14.4. The molecule has 0 amide bonds. The molecule has 0 aliphatic heterocycles. The van der Waals surface area contributed by atoms with Crippen LogP contribution in [0.15, 0.2) is 29.2 Å². The fraction of sp³-hybridized carbons (Fsp3) is 0.500. The Balaban J connectivity index is 2.48. The number of benzene rings is 1. The Morgan fingerprint density at radius 2 is 1.53 bits per heavy atom. The highest BCUT2D eigenvalue weighted by molar-refractivity contribution is 8.27. The molecule has 0 nitrogen and oxygen atoms in total. The van der Waals surface area contributed by atoms with Crippen molar-refractivity contribution in [3.63, 3.8) is 0 Å². The molecule has 1 heteroatoms. The quantitative estimate of drug-likeness (QED) is 0.472. The third-order valence-corrected chi connectivity index (χ3v) is 5.50. The van der Waals surface area contributed by atoms with Crippen LogP contribution in [0.25, 0.3) is 0 Å². The van der Waals surface area contributed by atoms with Crippen molar-refractivity contribution in [2.45, 2.75) is 50.8 Å². The van der Waals surface area contributed by atoms with E-state index in [4.69, 9.17) is 0 Å². The van der Waals surface area contributed by atoms with E-state index in [0.717, 1.165) is 0 Å². The van der Waals surface area contributed by atoms with Crippen LogP contribution in [0.1, 0.15) is 44.6 Å². The molecular weight excluding hydrogens is 224 g/mol. The van der Waals surface area contributed by atoms with Crippen LogP contribution < -0.4 is 0 Å². The smallest absolute Gasteiger partial charge is 0.00390 e. The molecule has 1 rings (SSSR count). The minimum Gasteiger partial charge on any atom is -0.187 e. The summed E-state index contributed by atoms with van der Waals surface area (Å²) in [6, 6.07) is 8.75. The van der Waals surface area contributed by atoms with Crippen molar-refractivity contribution in [1.29, 1.82) is 0 Å². The molecule has 96 valence electrons. The maximum absolute atomic E-state index is 4.36. The SMILES string of the molecule is C=S(=C)(CCCCCCC)c1ccc(C)cc1. The lowest BCUT2D eigenvalue weighted by atomic mass is 10.2. The van der Waals surface area contributed by atoms with Crippen molar-refractivity contribution in [3.8, 4) is 0 Å². The molecule has 1 aromatic carbocycles. The van der Waals surface area contributed by atoms with Gasteiger partial charge in [0.2, 0.25) is 0 Å². The van der Waals surface area contributed by atoms with Gasteiger partial charge in [0.15, 0.2) is 0 Å². The summed E-state index contributed by atoms with van der Waals surface area (Å²) in [5, 5.41) is 0. The van der Waals surface area contributed by atoms with E-state index in [0.29, 0.717) is 0 Å². The van der Waals surface area contributed by atoms with Crippen LogP contribution in [0.4, 0.5) is 0 Å². The predicted octanol–water partition coefficient (Wildman–Crippen LogP) is 4.99. The highest BCUT2D eigenvalue weighted by Crippen LogP contribution is 2.33. The van der Waals surface area contributed by atoms with Gasteiger partial charge in [-0.1, -0.05) is 62.0 Å². The first-order valence-electron chi connectivity index (χ1n) is 6.60. The summed E-state index contributed by atoms with van der Waals surface area (Å²) < 4.78 is 0. The van der Waals surface area contributed by atoms with Gasteiger partial charge >= 0.3 is 0 Å². The zero-order valence-corrected chi connectivity index (χ0v) is 12.2. The molecule has 17 heavy (non-hydrogen) atoms. The van der Waals surface area contributed by atoms with Crippen LogP contribution in [-0.4, -0.2) is 17.5 Å². The molecule has 1 aromatic rings. The number of hydrogen-bond acceptors (Lipinski definition) is 0. The Morgan fingerprint density at radius 3 is 2.12 bits per heavy atom. The second-order valence-electron chi connectivity index (χ2n) is 4.98. The molecular formula is C16H26S. The molecule has 0 saturated carbocycles. The van der Waals surface area contributed by atoms with Crippen LogP contribution in [-0.2, 0) is 0 Å². The average molecular weight is 250 g/mol. The monoisotopic (exact) mass is 250 g/mol. The molecule has 0 saturated heterocycles. The largest absolute Gasteiger partial charge is 0.187 e. The van der Waals surface area contributed by atoms with Crippen LogP contribution >= 0.6 is 9.21 Å². The van der Waals surface area contributed by atoms with Crippen molar-refractivity contribution in [3.05, 3.63) is 29.8 Å². The molecule has 0 unspecified atom stereocenters. The standard InChI is InChI=1S/C16H26S/c1-5-6-7-8-9-14-17(3,4)16-12-10-15(2)11-13-16/h10-13H,3-9,14H2,1-2H3. The highest BCUT2D eigenvalue weighted by atomic mass is 32.2. The van der Waals surface area contributed by atoms with Crippen LogP contribution in [0, 0.1) is 6.92 Å². The second kappa shape index (κ2) is 6.90. The average Bonchev–Trinajstić information content (AvgIpc) is 2.29. The minimum absolute atomic E-state index is 1.06. The van der Waals surface area contributed by atoms with E-state index in [1.807, 2.05) is 0 Å². The molecule has 0 heterocycles. The molecule has 0 spiro atoms. The number of aryl methyl sites for hydroxylation is 1. The number of hydrogen-bond donors (Lipinski definition) is 0. The Hall–Kier alpha value is -0.690. The van der Waals surface area contributed by atoms with E-state index in [9.17, 15) is 0 Å². The fourth-order valence-electron chi connectivity index (χ4n) is 1.93. The molecule has 0 aliphatic carbocycles. The van der Waals surface area contributed by atoms with Gasteiger partial charge in [0, 0.05) is 0 Å². The summed E-state index contributed by atoms with van der Waals surface area (Å²) in [6.45, 7) is 4.38. The fourth-order valence-corrected chi connectivity index (χ4v) is 3.63. The first-order chi connectivity index (χ1) is 8.06. The van der Waals surface area contributed by atoms with Crippen molar-refractivity contribution < 1.29 is 0 Å². The van der Waals surface area contributed by atoms with Gasteiger partial charge in [0.05, 0.1) is 0 Å². The summed E-state index contributed by atoms with van der Waals surface area (Å²) in [7, 11) is -1.06. The van der Waals surface area contributed by atoms with E-state index >= 15 is 0 Å². The molecule has 0 aromatic heterocycles. The molecule has 0 radical (unpaired) electrons. The summed E-state index contributed by atoms with van der Waals surface area (Å²) in [4.78, 5) is 1.35. The van der Waals surface area contributed by atoms with Gasteiger partial charge < -0.3 is 0 Å². The lowest BCUT2D eigenvalue weighted by Gasteiger charge is -2.15. The zero-order chi connectivity index (χ0) is 12.7. The molecule has 0 N–H and O–H groups in total. The van der Waals surface area contributed by atoms with Crippen LogP contribution in [0.3, 0.4) is 0 Å². The second-order valence-corrected chi connectivity index (χ2v) is 7.95. The highest BCUT2D eigenvalue weighted by Gasteiger charge is 2.01. The topological polar surface area (TPSA) is 0 Å². The van der Waals surface area contributed by atoms with Gasteiger partial charge in [0.25, 0.3) is 0 Å². The van der Waals surface area contributed by atoms with Gasteiger partial charge in [-0.3, -0.25) is 0 Å². The van der Waals surface area contributed by atoms with Gasteiger partial charge in [-0.05, 0) is 36.1 Å². The minimum atomic E-state index is -1.06. The van der Waals surface area contributed by atoms with Gasteiger partial charge in [-0.2, -0.15) is 9.21 Å². The zero-order valence-electron chi connectivity index (χ0n) is 11.4. The molecule has 0 atom stereocenters. The Kier molecular flexibility index (Phi) is 5.84. The van der Waals surface area contributed by atoms with Crippen LogP contribution in [0.2, 0.25) is 0 Å². The summed E-state index contributed by atoms with van der Waals surface area (Å²) in [6.07, 6.45) is 6.64. The van der Waals surface area contributed by atoms with Crippen molar-refractivity contribution in [2.24, 2.45) is 0 Å². The predicted molar refractivity (Wildman–Crippen MR) is 84.9 cm³/mol. The van der Waals surface area contributed by atoms with E-state index < -0.39 is 9.21 Å². The van der Waals surface area contributed by atoms with E-state index in [1.165, 1.54) is 48.3 Å². The number of unbranched alkanes of at least 4 members (excludes halogenated alkanes) is 4. The third kappa shape index (κ3) is 4.99. The Bertz CT molecular complexity index is 409. The Morgan fingerprint density at radius 1 is 0.941 bits per heavy atom. The molecule has 0 aliphatic rings. The first-order valence-corrected chi connectivity index (χ1v) is 8.74. The maximum atomic E-state index is 4.36. The van der Waals surface area contributed by atoms with Crippen molar-refractivity contribution in [1.82, 2.24) is 0 Å². The van der Waals surface area contributed by atoms with Gasteiger partial charge in [-0.25, -0.2) is 0 Å². The van der Waals surface area contributed by atoms with Crippen LogP contribution in [0.5, 0.6) is 0 Å². The van der Waals surface area contributed by atoms with Crippen molar-refractivity contribution in [2.75, 3.05) is 5.75 Å². The molecule has 0 fully saturated rings. The molecule has 0 bridgehead atoms. The van der Waals surface area contributed by atoms with Gasteiger partial charge in [0.1, 0.15) is 0 Å². The lowest BCUT2D eigenvalue weighted by molar-refractivity contribution is 0.659. The lowest BCUT2D eigenvalue weighted by Crippen LogP contribution is -1.90. The summed E-state index contributed by atoms with van der Waals surface area (Å²) >= 11 is 0. The van der Waals surface area contributed by atoms with Crippen molar-refractivity contribution >= 4 is 20.9 Å². The maximum Gasteiger partial charge on any atom is -0.00390 e. The van der Waals surface area contributed by atoms with Gasteiger partial charge in [-0.15, -0.1) is 0 Å². The van der Waals surface area contributed by atoms with E-state index in [-0.39, 0.29) is 0 Å².